The van der Waals surface area contributed by atoms with Crippen molar-refractivity contribution in [3.63, 3.8) is 0 Å². The quantitative estimate of drug-likeness (QED) is 0.457. The highest BCUT2D eigenvalue weighted by atomic mass is 15.2. The van der Waals surface area contributed by atoms with E-state index < -0.39 is 0 Å². The number of nitrogens with one attached hydrogen (secondary N) is 1. The molecule has 0 aliphatic rings. The zero-order valence-corrected chi connectivity index (χ0v) is 8.77. The van der Waals surface area contributed by atoms with E-state index in [-0.39, 0.29) is 0 Å². The molecule has 2 atom stereocenters. The second kappa shape index (κ2) is 7.56. The lowest BCUT2D eigenvalue weighted by Crippen LogP contribution is -2.40. The minimum atomic E-state index is 0.515. The van der Waals surface area contributed by atoms with Crippen LogP contribution in [0.25, 0.3) is 0 Å². The number of unbranched alkanes of at least 4 members (excludes halogenated alkanes) is 1. The van der Waals surface area contributed by atoms with Crippen LogP contribution >= 0.6 is 0 Å². The van der Waals surface area contributed by atoms with Crippen molar-refractivity contribution in [3.8, 4) is 0 Å². The van der Waals surface area contributed by atoms with Gasteiger partial charge in [0.1, 0.15) is 0 Å². The molecule has 0 aliphatic carbocycles. The van der Waals surface area contributed by atoms with Crippen molar-refractivity contribution in [1.82, 2.24) is 5.43 Å². The van der Waals surface area contributed by atoms with Crippen molar-refractivity contribution in [2.24, 2.45) is 11.8 Å². The van der Waals surface area contributed by atoms with Crippen LogP contribution < -0.4 is 11.3 Å². The van der Waals surface area contributed by atoms with E-state index in [1.54, 1.807) is 0 Å². The van der Waals surface area contributed by atoms with Crippen molar-refractivity contribution >= 4 is 0 Å². The van der Waals surface area contributed by atoms with E-state index in [4.69, 9.17) is 5.84 Å². The van der Waals surface area contributed by atoms with Gasteiger partial charge in [-0.1, -0.05) is 40.0 Å². The molecule has 2 heteroatoms. The maximum atomic E-state index is 5.48. The van der Waals surface area contributed by atoms with E-state index in [0.717, 1.165) is 12.3 Å². The molecule has 0 radical (unpaired) electrons. The number of hydrazine groups is 1. The third-order valence-corrected chi connectivity index (χ3v) is 2.68. The van der Waals surface area contributed by atoms with Gasteiger partial charge in [-0.2, -0.15) is 0 Å². The summed E-state index contributed by atoms with van der Waals surface area (Å²) >= 11 is 0. The van der Waals surface area contributed by atoms with E-state index in [2.05, 4.69) is 26.2 Å². The summed E-state index contributed by atoms with van der Waals surface area (Å²) in [7, 11) is 0. The van der Waals surface area contributed by atoms with Crippen molar-refractivity contribution < 1.29 is 0 Å². The molecule has 0 aromatic rings. The van der Waals surface area contributed by atoms with Crippen LogP contribution in [0.2, 0.25) is 0 Å². The molecule has 0 heterocycles. The molecule has 2 nitrogen and oxygen atoms in total. The maximum Gasteiger partial charge on any atom is 0.0236 e. The third kappa shape index (κ3) is 4.07. The first-order valence-corrected chi connectivity index (χ1v) is 5.26. The molecular formula is C10H24N2. The second-order valence-corrected chi connectivity index (χ2v) is 3.49. The van der Waals surface area contributed by atoms with Gasteiger partial charge in [0.25, 0.3) is 0 Å². The van der Waals surface area contributed by atoms with Crippen LogP contribution in [0.15, 0.2) is 0 Å². The Morgan fingerprint density at radius 1 is 1.17 bits per heavy atom. The fourth-order valence-electron chi connectivity index (χ4n) is 1.74. The van der Waals surface area contributed by atoms with E-state index in [1.807, 2.05) is 0 Å². The lowest BCUT2D eigenvalue weighted by molar-refractivity contribution is 0.313. The van der Waals surface area contributed by atoms with Crippen LogP contribution in [0, 0.1) is 5.92 Å². The van der Waals surface area contributed by atoms with E-state index in [9.17, 15) is 0 Å². The summed E-state index contributed by atoms with van der Waals surface area (Å²) in [6.45, 7) is 6.68. The summed E-state index contributed by atoms with van der Waals surface area (Å²) in [6.07, 6.45) is 6.31. The summed E-state index contributed by atoms with van der Waals surface area (Å²) in [5, 5.41) is 0. The molecule has 12 heavy (non-hydrogen) atoms. The molecule has 0 spiro atoms. The largest absolute Gasteiger partial charge is 0.271 e. The van der Waals surface area contributed by atoms with Gasteiger partial charge in [0.15, 0.2) is 0 Å². The Bertz CT molecular complexity index is 89.8. The van der Waals surface area contributed by atoms with Gasteiger partial charge in [0.05, 0.1) is 0 Å². The highest BCUT2D eigenvalue weighted by molar-refractivity contribution is 4.71. The van der Waals surface area contributed by atoms with Gasteiger partial charge >= 0.3 is 0 Å². The molecule has 0 amide bonds. The van der Waals surface area contributed by atoms with Gasteiger partial charge in [-0.05, 0) is 18.8 Å². The summed E-state index contributed by atoms with van der Waals surface area (Å²) < 4.78 is 0. The summed E-state index contributed by atoms with van der Waals surface area (Å²) in [5.74, 6) is 6.25. The van der Waals surface area contributed by atoms with Gasteiger partial charge in [0.2, 0.25) is 0 Å². The lowest BCUT2D eigenvalue weighted by Gasteiger charge is -2.24. The number of nitrogens with two attached hydrogens (primary N) is 1. The Balaban J connectivity index is 3.75. The predicted octanol–water partition coefficient (Wildman–Crippen LogP) is 2.44. The Morgan fingerprint density at radius 2 is 1.83 bits per heavy atom. The molecular weight excluding hydrogens is 148 g/mol. The molecule has 74 valence electrons. The summed E-state index contributed by atoms with van der Waals surface area (Å²) in [5.41, 5.74) is 2.91. The first-order chi connectivity index (χ1) is 5.79. The predicted molar refractivity (Wildman–Crippen MR) is 54.7 cm³/mol. The molecule has 0 aromatic heterocycles. The fraction of sp³-hybridized carbons (Fsp3) is 1.00. The van der Waals surface area contributed by atoms with Crippen LogP contribution in [0.1, 0.15) is 52.9 Å². The van der Waals surface area contributed by atoms with Crippen molar-refractivity contribution in [2.45, 2.75) is 58.9 Å². The summed E-state index contributed by atoms with van der Waals surface area (Å²) in [4.78, 5) is 0. The van der Waals surface area contributed by atoms with Crippen molar-refractivity contribution in [1.29, 1.82) is 0 Å². The van der Waals surface area contributed by atoms with Crippen LogP contribution in [-0.2, 0) is 0 Å². The van der Waals surface area contributed by atoms with E-state index in [0.29, 0.717) is 6.04 Å². The van der Waals surface area contributed by atoms with Gasteiger partial charge in [-0.15, -0.1) is 0 Å². The van der Waals surface area contributed by atoms with Gasteiger partial charge in [-0.3, -0.25) is 11.3 Å². The second-order valence-electron chi connectivity index (χ2n) is 3.49. The average Bonchev–Trinajstić information content (AvgIpc) is 2.12. The third-order valence-electron chi connectivity index (χ3n) is 2.68. The SMILES string of the molecule is CCCCC(CC)C(CC)NN. The molecule has 0 saturated carbocycles. The Labute approximate surface area is 76.9 Å². The average molecular weight is 172 g/mol. The minimum absolute atomic E-state index is 0.515. The molecule has 0 fully saturated rings. The van der Waals surface area contributed by atoms with Crippen molar-refractivity contribution in [2.75, 3.05) is 0 Å². The van der Waals surface area contributed by atoms with Crippen molar-refractivity contribution in [3.05, 3.63) is 0 Å². The first-order valence-electron chi connectivity index (χ1n) is 5.26. The first kappa shape index (κ1) is 11.9. The lowest BCUT2D eigenvalue weighted by atomic mass is 9.90. The zero-order valence-electron chi connectivity index (χ0n) is 8.77. The Hall–Kier alpha value is -0.0800. The highest BCUT2D eigenvalue weighted by Gasteiger charge is 2.15. The standard InChI is InChI=1S/C10H24N2/c1-4-7-8-9(5-2)10(6-3)12-11/h9-10,12H,4-8,11H2,1-3H3. The smallest absolute Gasteiger partial charge is 0.0236 e. The Kier molecular flexibility index (Phi) is 7.51. The monoisotopic (exact) mass is 172 g/mol. The number of hydrogen-bond acceptors (Lipinski definition) is 2. The molecule has 3 N–H and O–H groups in total. The normalized spacial score (nSPS) is 16.0. The molecule has 0 bridgehead atoms. The van der Waals surface area contributed by atoms with Crippen LogP contribution in [0.5, 0.6) is 0 Å². The van der Waals surface area contributed by atoms with Crippen LogP contribution in [0.3, 0.4) is 0 Å². The maximum absolute atomic E-state index is 5.48. The molecule has 0 saturated heterocycles. The molecule has 0 aromatic carbocycles. The minimum Gasteiger partial charge on any atom is -0.271 e. The summed E-state index contributed by atoms with van der Waals surface area (Å²) in [6, 6.07) is 0.515. The van der Waals surface area contributed by atoms with E-state index in [1.165, 1.54) is 25.7 Å². The van der Waals surface area contributed by atoms with Gasteiger partial charge in [0, 0.05) is 6.04 Å². The highest BCUT2D eigenvalue weighted by Crippen LogP contribution is 2.18. The van der Waals surface area contributed by atoms with Gasteiger partial charge < -0.3 is 0 Å². The topological polar surface area (TPSA) is 38.0 Å². The Morgan fingerprint density at radius 3 is 2.17 bits per heavy atom. The molecule has 2 unspecified atom stereocenters. The fourth-order valence-corrected chi connectivity index (χ4v) is 1.74. The number of hydrogen-bond donors (Lipinski definition) is 2. The van der Waals surface area contributed by atoms with Gasteiger partial charge in [-0.25, -0.2) is 0 Å². The zero-order chi connectivity index (χ0) is 9.40. The van der Waals surface area contributed by atoms with Crippen LogP contribution in [0.4, 0.5) is 0 Å². The van der Waals surface area contributed by atoms with Crippen LogP contribution in [-0.4, -0.2) is 6.04 Å². The molecule has 0 rings (SSSR count). The van der Waals surface area contributed by atoms with E-state index >= 15 is 0 Å². The number of rotatable bonds is 7. The molecule has 0 aliphatic heterocycles.